The standard InChI is InChI=1S/C21H30N2O2S/c1-12-20(26-17-5-3-2-4-6-17)19(25-23-12)21(24)22-18-15-8-13-7-14(10-15)11-16(18)9-13/h13-18H,2-11H2,1H3,(H,22,24). The van der Waals surface area contributed by atoms with Gasteiger partial charge in [0, 0.05) is 11.3 Å². The number of hydrogen-bond donors (Lipinski definition) is 1. The van der Waals surface area contributed by atoms with Gasteiger partial charge in [0.15, 0.2) is 0 Å². The van der Waals surface area contributed by atoms with Gasteiger partial charge >= 0.3 is 0 Å². The highest BCUT2D eigenvalue weighted by atomic mass is 32.2. The molecule has 1 aromatic heterocycles. The van der Waals surface area contributed by atoms with E-state index in [0.717, 1.165) is 22.4 Å². The molecule has 0 saturated heterocycles. The monoisotopic (exact) mass is 374 g/mol. The molecule has 5 saturated carbocycles. The van der Waals surface area contributed by atoms with Crippen molar-refractivity contribution in [1.29, 1.82) is 0 Å². The highest BCUT2D eigenvalue weighted by Gasteiger charge is 2.49. The molecule has 0 spiro atoms. The van der Waals surface area contributed by atoms with Gasteiger partial charge in [-0.15, -0.1) is 11.8 Å². The summed E-state index contributed by atoms with van der Waals surface area (Å²) < 4.78 is 5.51. The van der Waals surface area contributed by atoms with Crippen LogP contribution in [0.2, 0.25) is 0 Å². The number of rotatable bonds is 4. The Morgan fingerprint density at radius 2 is 1.69 bits per heavy atom. The van der Waals surface area contributed by atoms with Crippen molar-refractivity contribution in [2.24, 2.45) is 23.7 Å². The van der Waals surface area contributed by atoms with Crippen LogP contribution in [0, 0.1) is 30.6 Å². The van der Waals surface area contributed by atoms with Crippen molar-refractivity contribution in [3.8, 4) is 0 Å². The number of carbonyl (C=O) groups is 1. The maximum absolute atomic E-state index is 13.1. The zero-order valence-electron chi connectivity index (χ0n) is 15.7. The summed E-state index contributed by atoms with van der Waals surface area (Å²) in [6.45, 7) is 1.97. The molecule has 142 valence electrons. The number of nitrogens with one attached hydrogen (secondary N) is 1. The highest BCUT2D eigenvalue weighted by molar-refractivity contribution is 8.00. The first-order chi connectivity index (χ1) is 12.7. The molecule has 5 heteroatoms. The second-order valence-electron chi connectivity index (χ2n) is 9.23. The average Bonchev–Trinajstić information content (AvgIpc) is 2.99. The van der Waals surface area contributed by atoms with E-state index in [0.29, 0.717) is 28.9 Å². The Kier molecular flexibility index (Phi) is 4.54. The van der Waals surface area contributed by atoms with Crippen LogP contribution in [0.25, 0.3) is 0 Å². The predicted octanol–water partition coefficient (Wildman–Crippen LogP) is 4.96. The molecule has 5 fully saturated rings. The van der Waals surface area contributed by atoms with Gasteiger partial charge in [0.1, 0.15) is 0 Å². The number of carbonyl (C=O) groups excluding carboxylic acids is 1. The maximum atomic E-state index is 13.1. The molecule has 0 aromatic carbocycles. The number of nitrogens with zero attached hydrogens (tertiary/aromatic N) is 1. The van der Waals surface area contributed by atoms with E-state index >= 15 is 0 Å². The van der Waals surface area contributed by atoms with E-state index in [2.05, 4.69) is 10.5 Å². The molecule has 1 N–H and O–H groups in total. The van der Waals surface area contributed by atoms with Crippen LogP contribution in [-0.2, 0) is 0 Å². The van der Waals surface area contributed by atoms with Gasteiger partial charge in [0.25, 0.3) is 5.91 Å². The normalized spacial score (nSPS) is 36.4. The summed E-state index contributed by atoms with van der Waals surface area (Å²) in [6, 6.07) is 0.355. The Morgan fingerprint density at radius 3 is 2.35 bits per heavy atom. The molecule has 4 bridgehead atoms. The second kappa shape index (κ2) is 6.88. The lowest BCUT2D eigenvalue weighted by atomic mass is 9.54. The van der Waals surface area contributed by atoms with Crippen LogP contribution in [0.5, 0.6) is 0 Å². The van der Waals surface area contributed by atoms with E-state index in [-0.39, 0.29) is 5.91 Å². The van der Waals surface area contributed by atoms with E-state index in [1.165, 1.54) is 64.2 Å². The van der Waals surface area contributed by atoms with Crippen molar-refractivity contribution in [3.63, 3.8) is 0 Å². The third-order valence-corrected chi connectivity index (χ3v) is 8.90. The van der Waals surface area contributed by atoms with Gasteiger partial charge < -0.3 is 9.84 Å². The first-order valence-electron chi connectivity index (χ1n) is 10.6. The van der Waals surface area contributed by atoms with Crippen molar-refractivity contribution >= 4 is 17.7 Å². The lowest BCUT2D eigenvalue weighted by Gasteiger charge is -2.54. The highest BCUT2D eigenvalue weighted by Crippen LogP contribution is 2.53. The van der Waals surface area contributed by atoms with Gasteiger partial charge in [-0.3, -0.25) is 4.79 Å². The summed E-state index contributed by atoms with van der Waals surface area (Å²) >= 11 is 1.83. The predicted molar refractivity (Wildman–Crippen MR) is 102 cm³/mol. The lowest BCUT2D eigenvalue weighted by molar-refractivity contribution is -0.0124. The summed E-state index contributed by atoms with van der Waals surface area (Å²) in [5.41, 5.74) is 0.871. The Morgan fingerprint density at radius 1 is 1.04 bits per heavy atom. The Labute approximate surface area is 160 Å². The van der Waals surface area contributed by atoms with Crippen LogP contribution in [0.4, 0.5) is 0 Å². The van der Waals surface area contributed by atoms with E-state index in [4.69, 9.17) is 4.52 Å². The number of amides is 1. The summed E-state index contributed by atoms with van der Waals surface area (Å²) in [5, 5.41) is 8.12. The van der Waals surface area contributed by atoms with Crippen molar-refractivity contribution < 1.29 is 9.32 Å². The molecule has 4 nitrogen and oxygen atoms in total. The lowest BCUT2D eigenvalue weighted by Crippen LogP contribution is -2.55. The van der Waals surface area contributed by atoms with E-state index in [9.17, 15) is 4.79 Å². The molecule has 0 atom stereocenters. The van der Waals surface area contributed by atoms with Gasteiger partial charge in [-0.2, -0.15) is 0 Å². The maximum Gasteiger partial charge on any atom is 0.291 e. The second-order valence-corrected chi connectivity index (χ2v) is 10.5. The fourth-order valence-corrected chi connectivity index (χ4v) is 7.72. The van der Waals surface area contributed by atoms with Crippen molar-refractivity contribution in [3.05, 3.63) is 11.5 Å². The van der Waals surface area contributed by atoms with Gasteiger partial charge in [0.2, 0.25) is 5.76 Å². The molecule has 1 aromatic rings. The SMILES string of the molecule is Cc1noc(C(=O)NC2C3CC4CC(C3)CC2C4)c1SC1CCCCC1. The molecule has 5 aliphatic rings. The van der Waals surface area contributed by atoms with Crippen LogP contribution in [0.15, 0.2) is 9.42 Å². The molecule has 6 rings (SSSR count). The van der Waals surface area contributed by atoms with Gasteiger partial charge in [-0.05, 0) is 75.5 Å². The minimum atomic E-state index is -0.0265. The summed E-state index contributed by atoms with van der Waals surface area (Å²) in [6.07, 6.45) is 13.1. The van der Waals surface area contributed by atoms with Crippen molar-refractivity contribution in [2.75, 3.05) is 0 Å². The molecular weight excluding hydrogens is 344 g/mol. The minimum absolute atomic E-state index is 0.0265. The largest absolute Gasteiger partial charge is 0.350 e. The van der Waals surface area contributed by atoms with Crippen LogP contribution in [0.1, 0.15) is 80.5 Å². The van der Waals surface area contributed by atoms with Crippen LogP contribution in [0.3, 0.4) is 0 Å². The summed E-state index contributed by atoms with van der Waals surface area (Å²) in [4.78, 5) is 14.0. The van der Waals surface area contributed by atoms with Crippen molar-refractivity contribution in [1.82, 2.24) is 10.5 Å². The van der Waals surface area contributed by atoms with E-state index < -0.39 is 0 Å². The first kappa shape index (κ1) is 17.2. The number of hydrogen-bond acceptors (Lipinski definition) is 4. The summed E-state index contributed by atoms with van der Waals surface area (Å²) in [5.74, 6) is 3.67. The number of aryl methyl sites for hydroxylation is 1. The van der Waals surface area contributed by atoms with Gasteiger partial charge in [0.05, 0.1) is 10.6 Å². The van der Waals surface area contributed by atoms with Gasteiger partial charge in [-0.1, -0.05) is 24.4 Å². The van der Waals surface area contributed by atoms with Gasteiger partial charge in [-0.25, -0.2) is 0 Å². The molecular formula is C21H30N2O2S. The molecule has 5 aliphatic carbocycles. The molecule has 0 aliphatic heterocycles. The van der Waals surface area contributed by atoms with Crippen LogP contribution < -0.4 is 5.32 Å². The number of thioether (sulfide) groups is 1. The molecule has 1 amide bonds. The number of aromatic nitrogens is 1. The quantitative estimate of drug-likeness (QED) is 0.809. The minimum Gasteiger partial charge on any atom is -0.350 e. The fourth-order valence-electron chi connectivity index (χ4n) is 6.37. The first-order valence-corrected chi connectivity index (χ1v) is 11.5. The molecule has 26 heavy (non-hydrogen) atoms. The molecule has 1 heterocycles. The Bertz CT molecular complexity index is 652. The third-order valence-electron chi connectivity index (χ3n) is 7.38. The Balaban J connectivity index is 1.30. The third kappa shape index (κ3) is 3.10. The van der Waals surface area contributed by atoms with E-state index in [1.54, 1.807) is 0 Å². The smallest absolute Gasteiger partial charge is 0.291 e. The molecule has 0 radical (unpaired) electrons. The fraction of sp³-hybridized carbons (Fsp3) is 0.810. The summed E-state index contributed by atoms with van der Waals surface area (Å²) in [7, 11) is 0. The Hall–Kier alpha value is -0.970. The van der Waals surface area contributed by atoms with Crippen molar-refractivity contribution in [2.45, 2.75) is 87.3 Å². The molecule has 0 unspecified atom stereocenters. The van der Waals surface area contributed by atoms with Crippen LogP contribution in [-0.4, -0.2) is 22.4 Å². The topological polar surface area (TPSA) is 55.1 Å². The zero-order chi connectivity index (χ0) is 17.7. The van der Waals surface area contributed by atoms with E-state index in [1.807, 2.05) is 18.7 Å². The zero-order valence-corrected chi connectivity index (χ0v) is 16.5. The average molecular weight is 375 g/mol. The van der Waals surface area contributed by atoms with Crippen LogP contribution >= 0.6 is 11.8 Å².